The molecular weight excluding hydrogens is 404 g/mol. The van der Waals surface area contributed by atoms with Crippen molar-refractivity contribution in [2.24, 2.45) is 11.8 Å². The van der Waals surface area contributed by atoms with Crippen LogP contribution >= 0.6 is 0 Å². The first-order chi connectivity index (χ1) is 14.8. The van der Waals surface area contributed by atoms with Crippen LogP contribution in [-0.2, 0) is 13.9 Å². The Morgan fingerprint density at radius 2 is 1.58 bits per heavy atom. The monoisotopic (exact) mass is 436 g/mol. The Hall–Kier alpha value is -2.37. The zero-order valence-electron chi connectivity index (χ0n) is 18.6. The molecule has 1 aliphatic heterocycles. The van der Waals surface area contributed by atoms with Crippen LogP contribution in [0, 0.1) is 11.8 Å². The van der Waals surface area contributed by atoms with E-state index in [1.165, 1.54) is 10.4 Å². The third-order valence-electron chi connectivity index (χ3n) is 6.61. The van der Waals surface area contributed by atoms with Crippen LogP contribution in [0.4, 0.5) is 4.79 Å². The summed E-state index contributed by atoms with van der Waals surface area (Å²) in [5.74, 6) is 0.719. The summed E-state index contributed by atoms with van der Waals surface area (Å²) in [4.78, 5) is 11.8. The van der Waals surface area contributed by atoms with Gasteiger partial charge in [0.2, 0.25) is 0 Å². The summed E-state index contributed by atoms with van der Waals surface area (Å²) in [6, 6.07) is 21.4. The van der Waals surface area contributed by atoms with Crippen LogP contribution in [0.1, 0.15) is 33.6 Å². The molecule has 0 amide bonds. The first-order valence-electron chi connectivity index (χ1n) is 11.1. The molecule has 2 fully saturated rings. The average Bonchev–Trinajstić information content (AvgIpc) is 3.54. The number of hydrogen-bond donors (Lipinski definition) is 0. The molecule has 5 heteroatoms. The summed E-state index contributed by atoms with van der Waals surface area (Å²) in [7, 11) is -2.53. The molecule has 1 unspecified atom stereocenters. The van der Waals surface area contributed by atoms with Crippen LogP contribution in [0.3, 0.4) is 0 Å². The summed E-state index contributed by atoms with van der Waals surface area (Å²) in [5.41, 5.74) is 0. The maximum atomic E-state index is 11.8. The van der Waals surface area contributed by atoms with E-state index in [4.69, 9.17) is 13.9 Å². The zero-order valence-corrected chi connectivity index (χ0v) is 19.6. The third-order valence-corrected chi connectivity index (χ3v) is 11.6. The lowest BCUT2D eigenvalue weighted by atomic mass is 10.1. The van der Waals surface area contributed by atoms with Gasteiger partial charge in [0, 0.05) is 18.9 Å². The number of carbonyl (C=O) groups excluding carboxylic acids is 1. The number of ether oxygens (including phenoxy) is 2. The maximum Gasteiger partial charge on any atom is 0.509 e. The standard InChI is InChI=1S/C26H32O4Si/c1-5-20-17-24(30-25(27)29-20)23-16-19(23)18-28-31(26(2,3)4,21-12-8-6-9-13-21)22-14-10-7-11-15-22/h5-15,19-20,23-24H,1,16-18H2,2-4H3/t19-,20?,23+,24+/m0/s1. The Kier molecular flexibility index (Phi) is 6.08. The van der Waals surface area contributed by atoms with Crippen molar-refractivity contribution in [3.63, 3.8) is 0 Å². The maximum absolute atomic E-state index is 11.8. The molecule has 0 spiro atoms. The van der Waals surface area contributed by atoms with Gasteiger partial charge in [0.25, 0.3) is 8.32 Å². The minimum atomic E-state index is -2.53. The molecule has 31 heavy (non-hydrogen) atoms. The van der Waals surface area contributed by atoms with E-state index < -0.39 is 14.5 Å². The second kappa shape index (κ2) is 8.64. The van der Waals surface area contributed by atoms with Crippen molar-refractivity contribution in [2.45, 2.75) is 50.9 Å². The summed E-state index contributed by atoms with van der Waals surface area (Å²) >= 11 is 0. The number of rotatable bonds is 7. The predicted octanol–water partition coefficient (Wildman–Crippen LogP) is 4.68. The number of carbonyl (C=O) groups is 1. The normalized spacial score (nSPS) is 26.0. The third kappa shape index (κ3) is 4.34. The molecule has 0 aromatic heterocycles. The van der Waals surface area contributed by atoms with Crippen molar-refractivity contribution in [1.82, 2.24) is 0 Å². The van der Waals surface area contributed by atoms with Crippen molar-refractivity contribution in [3.05, 3.63) is 73.3 Å². The SMILES string of the molecule is C=CC1C[C@H]([C@@H]2C[C@H]2CO[Si](c2ccccc2)(c2ccccc2)C(C)(C)C)OC(=O)O1. The van der Waals surface area contributed by atoms with Crippen LogP contribution in [0.2, 0.25) is 5.04 Å². The molecule has 4 atom stereocenters. The van der Waals surface area contributed by atoms with Gasteiger partial charge in [-0.2, -0.15) is 0 Å². The second-order valence-electron chi connectivity index (χ2n) is 9.67. The molecule has 1 heterocycles. The molecule has 1 saturated carbocycles. The van der Waals surface area contributed by atoms with Gasteiger partial charge >= 0.3 is 6.16 Å². The average molecular weight is 437 g/mol. The molecule has 1 saturated heterocycles. The quantitative estimate of drug-likeness (QED) is 0.359. The van der Waals surface area contributed by atoms with E-state index in [1.54, 1.807) is 6.08 Å². The largest absolute Gasteiger partial charge is 0.509 e. The van der Waals surface area contributed by atoms with Gasteiger partial charge in [0.05, 0.1) is 0 Å². The van der Waals surface area contributed by atoms with Crippen molar-refractivity contribution in [2.75, 3.05) is 6.61 Å². The van der Waals surface area contributed by atoms with E-state index in [-0.39, 0.29) is 17.2 Å². The van der Waals surface area contributed by atoms with Gasteiger partial charge in [-0.1, -0.05) is 94.1 Å². The van der Waals surface area contributed by atoms with E-state index in [2.05, 4.69) is 88.0 Å². The van der Waals surface area contributed by atoms with E-state index in [1.807, 2.05) is 0 Å². The molecule has 2 aromatic carbocycles. The lowest BCUT2D eigenvalue weighted by molar-refractivity contribution is -0.0543. The van der Waals surface area contributed by atoms with Crippen LogP contribution in [0.25, 0.3) is 0 Å². The van der Waals surface area contributed by atoms with Crippen molar-refractivity contribution < 1.29 is 18.7 Å². The van der Waals surface area contributed by atoms with Crippen molar-refractivity contribution in [3.8, 4) is 0 Å². The Morgan fingerprint density at radius 1 is 1.00 bits per heavy atom. The fourth-order valence-electron chi connectivity index (χ4n) is 4.92. The van der Waals surface area contributed by atoms with Gasteiger partial charge in [-0.3, -0.25) is 0 Å². The minimum absolute atomic E-state index is 0.0425. The first-order valence-corrected chi connectivity index (χ1v) is 13.0. The lowest BCUT2D eigenvalue weighted by Crippen LogP contribution is -2.66. The number of hydrogen-bond acceptors (Lipinski definition) is 4. The van der Waals surface area contributed by atoms with E-state index >= 15 is 0 Å². The van der Waals surface area contributed by atoms with Crippen LogP contribution in [0.5, 0.6) is 0 Å². The minimum Gasteiger partial charge on any atom is -0.430 e. The molecule has 2 aliphatic rings. The lowest BCUT2D eigenvalue weighted by Gasteiger charge is -2.43. The molecular formula is C26H32O4Si. The van der Waals surface area contributed by atoms with Crippen LogP contribution in [0.15, 0.2) is 73.3 Å². The molecule has 0 N–H and O–H groups in total. The smallest absolute Gasteiger partial charge is 0.430 e. The highest BCUT2D eigenvalue weighted by molar-refractivity contribution is 6.99. The van der Waals surface area contributed by atoms with E-state index in [0.717, 1.165) is 6.42 Å². The van der Waals surface area contributed by atoms with Gasteiger partial charge in [-0.05, 0) is 27.8 Å². The van der Waals surface area contributed by atoms with Gasteiger partial charge in [0.15, 0.2) is 0 Å². The van der Waals surface area contributed by atoms with Gasteiger partial charge in [-0.25, -0.2) is 4.79 Å². The fourth-order valence-corrected chi connectivity index (χ4v) is 9.54. The fraction of sp³-hybridized carbons (Fsp3) is 0.423. The molecule has 2 aromatic rings. The van der Waals surface area contributed by atoms with Gasteiger partial charge < -0.3 is 13.9 Å². The molecule has 164 valence electrons. The molecule has 0 bridgehead atoms. The van der Waals surface area contributed by atoms with Crippen molar-refractivity contribution >= 4 is 24.8 Å². The van der Waals surface area contributed by atoms with Gasteiger partial charge in [0.1, 0.15) is 12.2 Å². The van der Waals surface area contributed by atoms with E-state index in [9.17, 15) is 4.79 Å². The number of benzene rings is 2. The van der Waals surface area contributed by atoms with Gasteiger partial charge in [-0.15, -0.1) is 0 Å². The highest BCUT2D eigenvalue weighted by atomic mass is 28.4. The van der Waals surface area contributed by atoms with Crippen LogP contribution in [-0.4, -0.2) is 33.3 Å². The molecule has 4 rings (SSSR count). The Morgan fingerprint density at radius 3 is 2.10 bits per heavy atom. The first kappa shape index (κ1) is 21.8. The summed E-state index contributed by atoms with van der Waals surface area (Å²) in [6.07, 6.45) is 2.42. The Bertz CT molecular complexity index is 867. The summed E-state index contributed by atoms with van der Waals surface area (Å²) < 4.78 is 17.7. The van der Waals surface area contributed by atoms with Crippen LogP contribution < -0.4 is 10.4 Å². The number of cyclic esters (lactones) is 2. The zero-order chi connectivity index (χ0) is 22.1. The highest BCUT2D eigenvalue weighted by Crippen LogP contribution is 2.47. The molecule has 1 aliphatic carbocycles. The predicted molar refractivity (Wildman–Crippen MR) is 125 cm³/mol. The second-order valence-corrected chi connectivity index (χ2v) is 14.0. The van der Waals surface area contributed by atoms with E-state index in [0.29, 0.717) is 24.9 Å². The molecule has 0 radical (unpaired) electrons. The highest BCUT2D eigenvalue weighted by Gasteiger charge is 2.53. The summed E-state index contributed by atoms with van der Waals surface area (Å²) in [6.45, 7) is 11.3. The van der Waals surface area contributed by atoms with Crippen molar-refractivity contribution in [1.29, 1.82) is 0 Å². The summed E-state index contributed by atoms with van der Waals surface area (Å²) in [5, 5.41) is 2.53. The Balaban J connectivity index is 1.57. The molecule has 4 nitrogen and oxygen atoms in total. The Labute approximate surface area is 186 Å². The topological polar surface area (TPSA) is 44.8 Å².